The van der Waals surface area contributed by atoms with Crippen molar-refractivity contribution in [1.29, 1.82) is 0 Å². The zero-order chi connectivity index (χ0) is 13.3. The molecule has 1 aromatic carbocycles. The van der Waals surface area contributed by atoms with Crippen LogP contribution in [0.2, 0.25) is 0 Å². The number of nitrogens with two attached hydrogens (primary N) is 1. The third-order valence-electron chi connectivity index (χ3n) is 3.74. The monoisotopic (exact) mass is 268 g/mol. The summed E-state index contributed by atoms with van der Waals surface area (Å²) in [5.74, 6) is 0.600. The van der Waals surface area contributed by atoms with Crippen molar-refractivity contribution in [3.05, 3.63) is 29.3 Å². The van der Waals surface area contributed by atoms with E-state index in [9.17, 15) is 8.42 Å². The maximum atomic E-state index is 11.5. The van der Waals surface area contributed by atoms with Crippen LogP contribution in [-0.2, 0) is 16.4 Å². The topological polar surface area (TPSA) is 63.4 Å². The highest BCUT2D eigenvalue weighted by molar-refractivity contribution is 7.91. The van der Waals surface area contributed by atoms with Crippen LogP contribution in [0.25, 0.3) is 0 Å². The summed E-state index contributed by atoms with van der Waals surface area (Å²) in [6, 6.07) is 6.01. The lowest BCUT2D eigenvalue weighted by Crippen LogP contribution is -2.32. The lowest BCUT2D eigenvalue weighted by molar-refractivity contribution is 0.253. The van der Waals surface area contributed by atoms with Crippen LogP contribution in [0.1, 0.15) is 17.5 Å². The molecule has 18 heavy (non-hydrogen) atoms. The van der Waals surface area contributed by atoms with Crippen molar-refractivity contribution in [2.24, 2.45) is 0 Å². The summed E-state index contributed by atoms with van der Waals surface area (Å²) < 4.78 is 22.9. The highest BCUT2D eigenvalue weighted by Gasteiger charge is 2.30. The molecule has 0 radical (unpaired) electrons. The Hall–Kier alpha value is -1.07. The number of nitrogens with zero attached hydrogens (tertiary/aromatic N) is 1. The standard InChI is InChI=1S/C13H20N2O2S/c1-10-11(4-3-5-13(10)14)8-15(2)12-6-7-18(16,17)9-12/h3-5,12H,6-9,14H2,1-2H3. The molecule has 0 saturated carbocycles. The van der Waals surface area contributed by atoms with Gasteiger partial charge >= 0.3 is 0 Å². The number of hydrogen-bond acceptors (Lipinski definition) is 4. The molecule has 1 atom stereocenters. The third-order valence-corrected chi connectivity index (χ3v) is 5.49. The van der Waals surface area contributed by atoms with Gasteiger partial charge in [0.1, 0.15) is 0 Å². The molecule has 100 valence electrons. The molecule has 1 aliphatic rings. The normalized spacial score (nSPS) is 22.5. The predicted octanol–water partition coefficient (Wildman–Crippen LogP) is 1.20. The van der Waals surface area contributed by atoms with E-state index in [2.05, 4.69) is 4.90 Å². The minimum Gasteiger partial charge on any atom is -0.399 e. The minimum absolute atomic E-state index is 0.135. The number of sulfone groups is 1. The van der Waals surface area contributed by atoms with Crippen molar-refractivity contribution in [3.63, 3.8) is 0 Å². The smallest absolute Gasteiger partial charge is 0.151 e. The molecule has 5 heteroatoms. The largest absolute Gasteiger partial charge is 0.399 e. The maximum Gasteiger partial charge on any atom is 0.151 e. The van der Waals surface area contributed by atoms with Crippen LogP contribution in [-0.4, -0.2) is 37.9 Å². The van der Waals surface area contributed by atoms with E-state index in [-0.39, 0.29) is 11.8 Å². The Morgan fingerprint density at radius 3 is 2.78 bits per heavy atom. The van der Waals surface area contributed by atoms with E-state index >= 15 is 0 Å². The number of hydrogen-bond donors (Lipinski definition) is 1. The molecule has 4 nitrogen and oxygen atoms in total. The lowest BCUT2D eigenvalue weighted by atomic mass is 10.1. The molecule has 0 aromatic heterocycles. The second-order valence-electron chi connectivity index (χ2n) is 5.10. The molecule has 0 bridgehead atoms. The Morgan fingerprint density at radius 1 is 1.44 bits per heavy atom. The summed E-state index contributed by atoms with van der Waals surface area (Å²) in [6.45, 7) is 2.75. The van der Waals surface area contributed by atoms with Gasteiger partial charge in [-0.05, 0) is 37.6 Å². The maximum absolute atomic E-state index is 11.5. The van der Waals surface area contributed by atoms with Crippen LogP contribution in [0.5, 0.6) is 0 Å². The van der Waals surface area contributed by atoms with E-state index in [1.54, 1.807) is 0 Å². The van der Waals surface area contributed by atoms with Crippen molar-refractivity contribution in [2.45, 2.75) is 25.9 Å². The molecular weight excluding hydrogens is 248 g/mol. The van der Waals surface area contributed by atoms with E-state index in [1.165, 1.54) is 5.56 Å². The molecule has 1 fully saturated rings. The van der Waals surface area contributed by atoms with Crippen LogP contribution in [0.15, 0.2) is 18.2 Å². The minimum atomic E-state index is -2.82. The molecule has 1 unspecified atom stereocenters. The molecule has 1 aliphatic heterocycles. The van der Waals surface area contributed by atoms with Gasteiger partial charge in [-0.3, -0.25) is 4.90 Å². The second-order valence-corrected chi connectivity index (χ2v) is 7.33. The summed E-state index contributed by atoms with van der Waals surface area (Å²) in [5.41, 5.74) is 8.93. The van der Waals surface area contributed by atoms with Crippen molar-refractivity contribution < 1.29 is 8.42 Å². The molecule has 2 rings (SSSR count). The fraction of sp³-hybridized carbons (Fsp3) is 0.538. The Balaban J connectivity index is 2.08. The third kappa shape index (κ3) is 2.84. The molecule has 2 N–H and O–H groups in total. The van der Waals surface area contributed by atoms with Gasteiger partial charge in [0.25, 0.3) is 0 Å². The average Bonchev–Trinajstić information content (AvgIpc) is 2.65. The van der Waals surface area contributed by atoms with E-state index in [1.807, 2.05) is 32.2 Å². The Labute approximate surface area is 109 Å². The first kappa shape index (κ1) is 13.4. The molecular formula is C13H20N2O2S. The Morgan fingerprint density at radius 2 is 2.17 bits per heavy atom. The van der Waals surface area contributed by atoms with Crippen molar-refractivity contribution >= 4 is 15.5 Å². The van der Waals surface area contributed by atoms with Crippen molar-refractivity contribution in [2.75, 3.05) is 24.3 Å². The summed E-state index contributed by atoms with van der Waals surface area (Å²) in [4.78, 5) is 2.12. The van der Waals surface area contributed by atoms with Gasteiger partial charge in [0.05, 0.1) is 11.5 Å². The van der Waals surface area contributed by atoms with E-state index in [0.29, 0.717) is 5.75 Å². The SMILES string of the molecule is Cc1c(N)cccc1CN(C)C1CCS(=O)(=O)C1. The Bertz CT molecular complexity index is 540. The fourth-order valence-electron chi connectivity index (χ4n) is 2.40. The molecule has 1 saturated heterocycles. The first-order valence-corrected chi connectivity index (χ1v) is 7.96. The summed E-state index contributed by atoms with van der Waals surface area (Å²) in [5, 5.41) is 0. The van der Waals surface area contributed by atoms with Gasteiger partial charge < -0.3 is 5.73 Å². The van der Waals surface area contributed by atoms with Crippen LogP contribution in [0, 0.1) is 6.92 Å². The zero-order valence-corrected chi connectivity index (χ0v) is 11.7. The highest BCUT2D eigenvalue weighted by atomic mass is 32.2. The highest BCUT2D eigenvalue weighted by Crippen LogP contribution is 2.21. The number of rotatable bonds is 3. The molecule has 0 spiro atoms. The lowest BCUT2D eigenvalue weighted by Gasteiger charge is -2.24. The summed E-state index contributed by atoms with van der Waals surface area (Å²) in [7, 11) is -0.837. The Kier molecular flexibility index (Phi) is 3.64. The number of benzene rings is 1. The van der Waals surface area contributed by atoms with Gasteiger partial charge in [-0.25, -0.2) is 8.42 Å². The van der Waals surface area contributed by atoms with Crippen LogP contribution in [0.3, 0.4) is 0 Å². The van der Waals surface area contributed by atoms with Gasteiger partial charge in [0.2, 0.25) is 0 Å². The molecule has 1 aromatic rings. The molecule has 1 heterocycles. The second kappa shape index (κ2) is 4.90. The molecule has 0 amide bonds. The van der Waals surface area contributed by atoms with Gasteiger partial charge in [0.15, 0.2) is 9.84 Å². The van der Waals surface area contributed by atoms with Gasteiger partial charge in [-0.2, -0.15) is 0 Å². The van der Waals surface area contributed by atoms with Gasteiger partial charge in [-0.1, -0.05) is 12.1 Å². The first-order valence-electron chi connectivity index (χ1n) is 6.14. The molecule has 0 aliphatic carbocycles. The van der Waals surface area contributed by atoms with Crippen LogP contribution < -0.4 is 5.73 Å². The summed E-state index contributed by atoms with van der Waals surface area (Å²) >= 11 is 0. The number of anilines is 1. The average molecular weight is 268 g/mol. The fourth-order valence-corrected chi connectivity index (χ4v) is 4.20. The van der Waals surface area contributed by atoms with Crippen molar-refractivity contribution in [1.82, 2.24) is 4.90 Å². The zero-order valence-electron chi connectivity index (χ0n) is 10.9. The van der Waals surface area contributed by atoms with E-state index < -0.39 is 9.84 Å². The van der Waals surface area contributed by atoms with E-state index in [4.69, 9.17) is 5.73 Å². The predicted molar refractivity (Wildman–Crippen MR) is 74.1 cm³/mol. The van der Waals surface area contributed by atoms with Crippen molar-refractivity contribution in [3.8, 4) is 0 Å². The van der Waals surface area contributed by atoms with Crippen LogP contribution in [0.4, 0.5) is 5.69 Å². The quantitative estimate of drug-likeness (QED) is 0.837. The van der Waals surface area contributed by atoms with Crippen LogP contribution >= 0.6 is 0 Å². The van der Waals surface area contributed by atoms with E-state index in [0.717, 1.165) is 24.2 Å². The number of nitrogen functional groups attached to an aromatic ring is 1. The summed E-state index contributed by atoms with van der Waals surface area (Å²) in [6.07, 6.45) is 0.736. The van der Waals surface area contributed by atoms with Gasteiger partial charge in [0, 0.05) is 18.3 Å². The van der Waals surface area contributed by atoms with Gasteiger partial charge in [-0.15, -0.1) is 0 Å². The first-order chi connectivity index (χ1) is 8.39.